The van der Waals surface area contributed by atoms with Crippen molar-refractivity contribution in [3.05, 3.63) is 35.5 Å². The normalized spacial score (nSPS) is 42.2. The quantitative estimate of drug-likeness (QED) is 0.521. The van der Waals surface area contributed by atoms with Crippen molar-refractivity contribution in [2.24, 2.45) is 23.7 Å². The SMILES string of the molecule is C1=CCC2CCC(C1)C2=C1C2CC=CCC1CC2. The molecule has 0 N–H and O–H groups in total. The summed E-state index contributed by atoms with van der Waals surface area (Å²) in [6.07, 6.45) is 21.1. The van der Waals surface area contributed by atoms with Crippen molar-refractivity contribution in [3.63, 3.8) is 0 Å². The molecule has 0 spiro atoms. The number of hydrogen-bond acceptors (Lipinski definition) is 0. The van der Waals surface area contributed by atoms with Crippen LogP contribution in [0.3, 0.4) is 0 Å². The molecule has 2 saturated carbocycles. The third-order valence-electron chi connectivity index (χ3n) is 5.84. The first-order chi connectivity index (χ1) is 8.93. The Morgan fingerprint density at radius 1 is 0.500 bits per heavy atom. The number of rotatable bonds is 0. The Morgan fingerprint density at radius 3 is 1.06 bits per heavy atom. The van der Waals surface area contributed by atoms with E-state index in [-0.39, 0.29) is 0 Å². The van der Waals surface area contributed by atoms with Gasteiger partial charge in [0.1, 0.15) is 0 Å². The molecule has 96 valence electrons. The van der Waals surface area contributed by atoms with E-state index in [0.29, 0.717) is 0 Å². The summed E-state index contributed by atoms with van der Waals surface area (Å²) in [5.74, 6) is 3.68. The van der Waals surface area contributed by atoms with Crippen molar-refractivity contribution < 1.29 is 0 Å². The molecule has 4 atom stereocenters. The molecule has 0 radical (unpaired) electrons. The standard InChI is InChI=1S/C18H24/c1-2-6-14-10-9-13(5-1)17(14)18-15-7-3-4-8-16(18)12-11-15/h1-4,13-16H,5-12H2. The molecular formula is C18H24. The van der Waals surface area contributed by atoms with Crippen LogP contribution >= 0.6 is 0 Å². The molecule has 4 aliphatic rings. The van der Waals surface area contributed by atoms with Crippen molar-refractivity contribution in [3.8, 4) is 0 Å². The molecule has 4 rings (SSSR count). The van der Waals surface area contributed by atoms with E-state index in [1.54, 1.807) is 0 Å². The third-order valence-corrected chi connectivity index (χ3v) is 5.84. The lowest BCUT2D eigenvalue weighted by molar-refractivity contribution is 0.584. The van der Waals surface area contributed by atoms with Crippen LogP contribution in [-0.4, -0.2) is 0 Å². The average Bonchev–Trinajstić information content (AvgIpc) is 2.73. The highest BCUT2D eigenvalue weighted by molar-refractivity contribution is 5.33. The summed E-state index contributed by atoms with van der Waals surface area (Å²) in [5.41, 5.74) is 3.91. The van der Waals surface area contributed by atoms with Crippen LogP contribution in [0.1, 0.15) is 51.4 Å². The zero-order valence-corrected chi connectivity index (χ0v) is 11.3. The molecular weight excluding hydrogens is 216 g/mol. The summed E-state index contributed by atoms with van der Waals surface area (Å²) in [4.78, 5) is 0. The zero-order valence-electron chi connectivity index (χ0n) is 11.3. The van der Waals surface area contributed by atoms with Gasteiger partial charge in [0, 0.05) is 0 Å². The Morgan fingerprint density at radius 2 is 0.778 bits per heavy atom. The summed E-state index contributed by atoms with van der Waals surface area (Å²) >= 11 is 0. The van der Waals surface area contributed by atoms with Crippen LogP contribution < -0.4 is 0 Å². The van der Waals surface area contributed by atoms with Gasteiger partial charge < -0.3 is 0 Å². The molecule has 0 aromatic heterocycles. The Balaban J connectivity index is 1.78. The Hall–Kier alpha value is -0.780. The summed E-state index contributed by atoms with van der Waals surface area (Å²) in [6.45, 7) is 0. The molecule has 0 saturated heterocycles. The minimum atomic E-state index is 0.921. The second-order valence-electron chi connectivity index (χ2n) is 6.74. The van der Waals surface area contributed by atoms with Crippen LogP contribution in [0.4, 0.5) is 0 Å². The smallest absolute Gasteiger partial charge is 0.0163 e. The van der Waals surface area contributed by atoms with Crippen LogP contribution in [0.2, 0.25) is 0 Å². The highest BCUT2D eigenvalue weighted by Gasteiger charge is 2.39. The molecule has 18 heavy (non-hydrogen) atoms. The van der Waals surface area contributed by atoms with Crippen LogP contribution in [-0.2, 0) is 0 Å². The fraction of sp³-hybridized carbons (Fsp3) is 0.667. The second kappa shape index (κ2) is 4.40. The third kappa shape index (κ3) is 1.65. The average molecular weight is 240 g/mol. The zero-order chi connectivity index (χ0) is 11.9. The molecule has 4 unspecified atom stereocenters. The molecule has 0 heteroatoms. The van der Waals surface area contributed by atoms with Crippen LogP contribution in [0, 0.1) is 23.7 Å². The molecule has 0 aliphatic heterocycles. The fourth-order valence-electron chi connectivity index (χ4n) is 5.06. The van der Waals surface area contributed by atoms with Gasteiger partial charge in [0.15, 0.2) is 0 Å². The van der Waals surface area contributed by atoms with E-state index in [2.05, 4.69) is 24.3 Å². The predicted octanol–water partition coefficient (Wildman–Crippen LogP) is 5.04. The largest absolute Gasteiger partial charge is 0.0879 e. The molecule has 0 aromatic carbocycles. The minimum absolute atomic E-state index is 0.921. The maximum Gasteiger partial charge on any atom is -0.0163 e. The van der Waals surface area contributed by atoms with Crippen molar-refractivity contribution in [1.29, 1.82) is 0 Å². The topological polar surface area (TPSA) is 0 Å². The highest BCUT2D eigenvalue weighted by atomic mass is 14.4. The predicted molar refractivity (Wildman–Crippen MR) is 76.2 cm³/mol. The van der Waals surface area contributed by atoms with E-state index in [4.69, 9.17) is 0 Å². The van der Waals surface area contributed by atoms with Gasteiger partial charge in [0.2, 0.25) is 0 Å². The molecule has 0 amide bonds. The Bertz CT molecular complexity index is 347. The van der Waals surface area contributed by atoms with Crippen LogP contribution in [0.15, 0.2) is 35.5 Å². The summed E-state index contributed by atoms with van der Waals surface area (Å²) in [7, 11) is 0. The maximum atomic E-state index is 2.46. The van der Waals surface area contributed by atoms with E-state index in [9.17, 15) is 0 Å². The van der Waals surface area contributed by atoms with Crippen LogP contribution in [0.25, 0.3) is 0 Å². The molecule has 0 heterocycles. The minimum Gasteiger partial charge on any atom is -0.0879 e. The summed E-state index contributed by atoms with van der Waals surface area (Å²) in [5, 5.41) is 0. The van der Waals surface area contributed by atoms with E-state index >= 15 is 0 Å². The number of allylic oxidation sites excluding steroid dienone is 6. The summed E-state index contributed by atoms with van der Waals surface area (Å²) < 4.78 is 0. The van der Waals surface area contributed by atoms with Gasteiger partial charge in [0.25, 0.3) is 0 Å². The summed E-state index contributed by atoms with van der Waals surface area (Å²) in [6, 6.07) is 0. The first-order valence-corrected chi connectivity index (χ1v) is 7.97. The highest BCUT2D eigenvalue weighted by Crippen LogP contribution is 2.52. The Labute approximate surface area is 111 Å². The van der Waals surface area contributed by atoms with Gasteiger partial charge >= 0.3 is 0 Å². The van der Waals surface area contributed by atoms with Crippen LogP contribution in [0.5, 0.6) is 0 Å². The maximum absolute atomic E-state index is 2.46. The molecule has 0 aromatic rings. The van der Waals surface area contributed by atoms with Gasteiger partial charge in [0.05, 0.1) is 0 Å². The lowest BCUT2D eigenvalue weighted by Crippen LogP contribution is -2.11. The van der Waals surface area contributed by atoms with E-state index in [0.717, 1.165) is 23.7 Å². The number of hydrogen-bond donors (Lipinski definition) is 0. The van der Waals surface area contributed by atoms with Gasteiger partial charge in [-0.05, 0) is 75.0 Å². The first-order valence-electron chi connectivity index (χ1n) is 7.97. The van der Waals surface area contributed by atoms with Gasteiger partial charge in [-0.25, -0.2) is 0 Å². The molecule has 2 fully saturated rings. The van der Waals surface area contributed by atoms with E-state index < -0.39 is 0 Å². The lowest BCUT2D eigenvalue weighted by atomic mass is 9.82. The lowest BCUT2D eigenvalue weighted by Gasteiger charge is -2.23. The van der Waals surface area contributed by atoms with Gasteiger partial charge in [-0.2, -0.15) is 0 Å². The van der Waals surface area contributed by atoms with Crippen molar-refractivity contribution in [2.75, 3.05) is 0 Å². The molecule has 4 bridgehead atoms. The van der Waals surface area contributed by atoms with Crippen molar-refractivity contribution >= 4 is 0 Å². The first kappa shape index (κ1) is 11.1. The molecule has 4 aliphatic carbocycles. The molecule has 0 nitrogen and oxygen atoms in total. The van der Waals surface area contributed by atoms with E-state index in [1.165, 1.54) is 51.4 Å². The number of fused-ring (bicyclic) bond motifs is 4. The Kier molecular flexibility index (Phi) is 2.71. The monoisotopic (exact) mass is 240 g/mol. The van der Waals surface area contributed by atoms with Gasteiger partial charge in [-0.3, -0.25) is 0 Å². The fourth-order valence-corrected chi connectivity index (χ4v) is 5.06. The van der Waals surface area contributed by atoms with Crippen molar-refractivity contribution in [1.82, 2.24) is 0 Å². The van der Waals surface area contributed by atoms with Crippen molar-refractivity contribution in [2.45, 2.75) is 51.4 Å². The van der Waals surface area contributed by atoms with Gasteiger partial charge in [-0.1, -0.05) is 35.5 Å². The second-order valence-corrected chi connectivity index (χ2v) is 6.74. The van der Waals surface area contributed by atoms with E-state index in [1.807, 2.05) is 11.1 Å². The van der Waals surface area contributed by atoms with Gasteiger partial charge in [-0.15, -0.1) is 0 Å².